The van der Waals surface area contributed by atoms with Crippen molar-refractivity contribution < 1.29 is 0 Å². The van der Waals surface area contributed by atoms with Gasteiger partial charge in [-0.25, -0.2) is 0 Å². The largest absolute Gasteiger partial charge is 0.327 e. The number of thioether (sulfide) groups is 1. The second-order valence-electron chi connectivity index (χ2n) is 5.99. The van der Waals surface area contributed by atoms with Gasteiger partial charge in [-0.1, -0.05) is 43.9 Å². The summed E-state index contributed by atoms with van der Waals surface area (Å²) in [4.78, 5) is 1.35. The summed E-state index contributed by atoms with van der Waals surface area (Å²) in [6.07, 6.45) is 6.82. The SMILES string of the molecule is CCC1CCCC(C(N)CSc2ccc(C)cc2)C1. The molecular weight excluding hydrogens is 250 g/mol. The van der Waals surface area contributed by atoms with Gasteiger partial charge in [0.2, 0.25) is 0 Å². The number of rotatable bonds is 5. The van der Waals surface area contributed by atoms with E-state index in [1.165, 1.54) is 42.6 Å². The van der Waals surface area contributed by atoms with E-state index in [9.17, 15) is 0 Å². The van der Waals surface area contributed by atoms with E-state index < -0.39 is 0 Å². The van der Waals surface area contributed by atoms with Gasteiger partial charge in [0.05, 0.1) is 0 Å². The molecule has 1 aromatic rings. The molecule has 106 valence electrons. The highest BCUT2D eigenvalue weighted by Gasteiger charge is 2.25. The van der Waals surface area contributed by atoms with Crippen LogP contribution >= 0.6 is 11.8 Å². The molecule has 2 N–H and O–H groups in total. The molecule has 2 rings (SSSR count). The Morgan fingerprint density at radius 1 is 1.26 bits per heavy atom. The van der Waals surface area contributed by atoms with Gasteiger partial charge in [-0.3, -0.25) is 0 Å². The first-order chi connectivity index (χ1) is 9.19. The Labute approximate surface area is 122 Å². The maximum atomic E-state index is 6.42. The van der Waals surface area contributed by atoms with Crippen LogP contribution in [0.4, 0.5) is 0 Å². The van der Waals surface area contributed by atoms with Gasteiger partial charge < -0.3 is 5.73 Å². The molecule has 1 aromatic carbocycles. The normalized spacial score (nSPS) is 25.2. The molecule has 0 heterocycles. The Morgan fingerprint density at radius 3 is 2.68 bits per heavy atom. The third-order valence-corrected chi connectivity index (χ3v) is 5.63. The summed E-state index contributed by atoms with van der Waals surface area (Å²) in [6.45, 7) is 4.45. The Hall–Kier alpha value is -0.470. The van der Waals surface area contributed by atoms with Crippen molar-refractivity contribution in [1.29, 1.82) is 0 Å². The first kappa shape index (κ1) is 14.9. The van der Waals surface area contributed by atoms with Crippen LogP contribution in [0, 0.1) is 18.8 Å². The van der Waals surface area contributed by atoms with Crippen LogP contribution in [0.25, 0.3) is 0 Å². The molecule has 0 aliphatic heterocycles. The fraction of sp³-hybridized carbons (Fsp3) is 0.647. The van der Waals surface area contributed by atoms with Crippen LogP contribution in [0.3, 0.4) is 0 Å². The smallest absolute Gasteiger partial charge is 0.0162 e. The molecule has 2 heteroatoms. The quantitative estimate of drug-likeness (QED) is 0.794. The summed E-state index contributed by atoms with van der Waals surface area (Å²) in [6, 6.07) is 9.15. The molecule has 1 aliphatic carbocycles. The van der Waals surface area contributed by atoms with Crippen LogP contribution in [0.5, 0.6) is 0 Å². The van der Waals surface area contributed by atoms with Crippen LogP contribution < -0.4 is 5.73 Å². The molecule has 3 unspecified atom stereocenters. The molecule has 1 aliphatic rings. The van der Waals surface area contributed by atoms with Crippen molar-refractivity contribution in [2.24, 2.45) is 17.6 Å². The van der Waals surface area contributed by atoms with Crippen molar-refractivity contribution in [3.05, 3.63) is 29.8 Å². The monoisotopic (exact) mass is 277 g/mol. The van der Waals surface area contributed by atoms with Gasteiger partial charge in [0, 0.05) is 16.7 Å². The van der Waals surface area contributed by atoms with E-state index in [0.29, 0.717) is 6.04 Å². The minimum Gasteiger partial charge on any atom is -0.327 e. The average Bonchev–Trinajstić information content (AvgIpc) is 2.46. The molecule has 0 amide bonds. The third kappa shape index (κ3) is 4.54. The Kier molecular flexibility index (Phi) is 5.77. The number of hydrogen-bond donors (Lipinski definition) is 1. The molecule has 1 fully saturated rings. The number of benzene rings is 1. The fourth-order valence-corrected chi connectivity index (χ4v) is 4.04. The van der Waals surface area contributed by atoms with E-state index >= 15 is 0 Å². The van der Waals surface area contributed by atoms with Gasteiger partial charge in [0.15, 0.2) is 0 Å². The molecule has 0 aromatic heterocycles. The highest BCUT2D eigenvalue weighted by molar-refractivity contribution is 7.99. The van der Waals surface area contributed by atoms with E-state index in [-0.39, 0.29) is 0 Å². The van der Waals surface area contributed by atoms with Crippen molar-refractivity contribution in [1.82, 2.24) is 0 Å². The molecule has 19 heavy (non-hydrogen) atoms. The zero-order chi connectivity index (χ0) is 13.7. The van der Waals surface area contributed by atoms with Gasteiger partial charge in [0.1, 0.15) is 0 Å². The highest BCUT2D eigenvalue weighted by Crippen LogP contribution is 2.33. The Morgan fingerprint density at radius 2 is 2.00 bits per heavy atom. The molecule has 0 bridgehead atoms. The van der Waals surface area contributed by atoms with Crippen LogP contribution in [-0.4, -0.2) is 11.8 Å². The van der Waals surface area contributed by atoms with Crippen LogP contribution in [0.15, 0.2) is 29.2 Å². The summed E-state index contributed by atoms with van der Waals surface area (Å²) in [7, 11) is 0. The number of aryl methyl sites for hydroxylation is 1. The van der Waals surface area contributed by atoms with E-state index in [2.05, 4.69) is 38.1 Å². The number of nitrogens with two attached hydrogens (primary N) is 1. The summed E-state index contributed by atoms with van der Waals surface area (Å²) < 4.78 is 0. The molecular formula is C17H27NS. The van der Waals surface area contributed by atoms with Crippen molar-refractivity contribution >= 4 is 11.8 Å². The van der Waals surface area contributed by atoms with Crippen LogP contribution in [-0.2, 0) is 0 Å². The lowest BCUT2D eigenvalue weighted by atomic mass is 9.77. The average molecular weight is 277 g/mol. The molecule has 0 radical (unpaired) electrons. The standard InChI is InChI=1S/C17H27NS/c1-3-14-5-4-6-15(11-14)17(18)12-19-16-9-7-13(2)8-10-16/h7-10,14-15,17H,3-6,11-12,18H2,1-2H3. The molecule has 0 spiro atoms. The minimum absolute atomic E-state index is 0.362. The van der Waals surface area contributed by atoms with Gasteiger partial charge in [-0.15, -0.1) is 11.8 Å². The minimum atomic E-state index is 0.362. The maximum Gasteiger partial charge on any atom is 0.0162 e. The molecule has 1 saturated carbocycles. The van der Waals surface area contributed by atoms with Crippen LogP contribution in [0.1, 0.15) is 44.6 Å². The Bertz CT molecular complexity index is 373. The van der Waals surface area contributed by atoms with Crippen molar-refractivity contribution in [2.45, 2.75) is 56.9 Å². The zero-order valence-corrected chi connectivity index (χ0v) is 13.1. The van der Waals surface area contributed by atoms with E-state index in [1.54, 1.807) is 0 Å². The van der Waals surface area contributed by atoms with E-state index in [0.717, 1.165) is 17.6 Å². The number of hydrogen-bond acceptors (Lipinski definition) is 2. The second kappa shape index (κ2) is 7.35. The fourth-order valence-electron chi connectivity index (χ4n) is 3.06. The molecule has 1 nitrogen and oxygen atoms in total. The van der Waals surface area contributed by atoms with Crippen molar-refractivity contribution in [3.63, 3.8) is 0 Å². The molecule has 3 atom stereocenters. The van der Waals surface area contributed by atoms with E-state index in [4.69, 9.17) is 5.73 Å². The van der Waals surface area contributed by atoms with E-state index in [1.807, 2.05) is 11.8 Å². The maximum absolute atomic E-state index is 6.42. The lowest BCUT2D eigenvalue weighted by Gasteiger charge is -2.32. The summed E-state index contributed by atoms with van der Waals surface area (Å²) in [5.74, 6) is 2.73. The van der Waals surface area contributed by atoms with Gasteiger partial charge in [-0.2, -0.15) is 0 Å². The van der Waals surface area contributed by atoms with Crippen LogP contribution in [0.2, 0.25) is 0 Å². The summed E-state index contributed by atoms with van der Waals surface area (Å²) in [5, 5.41) is 0. The van der Waals surface area contributed by atoms with Gasteiger partial charge in [0.25, 0.3) is 0 Å². The summed E-state index contributed by atoms with van der Waals surface area (Å²) in [5.41, 5.74) is 7.75. The highest BCUT2D eigenvalue weighted by atomic mass is 32.2. The van der Waals surface area contributed by atoms with Gasteiger partial charge >= 0.3 is 0 Å². The van der Waals surface area contributed by atoms with Crippen molar-refractivity contribution in [2.75, 3.05) is 5.75 Å². The lowest BCUT2D eigenvalue weighted by Crippen LogP contribution is -2.35. The molecule has 0 saturated heterocycles. The predicted octanol–water partition coefficient (Wildman–Crippen LogP) is 4.63. The second-order valence-corrected chi connectivity index (χ2v) is 7.08. The first-order valence-corrected chi connectivity index (χ1v) is 8.62. The van der Waals surface area contributed by atoms with Gasteiger partial charge in [-0.05, 0) is 43.7 Å². The Balaban J connectivity index is 1.80. The zero-order valence-electron chi connectivity index (χ0n) is 12.3. The predicted molar refractivity (Wildman–Crippen MR) is 85.6 cm³/mol. The lowest BCUT2D eigenvalue weighted by molar-refractivity contribution is 0.238. The van der Waals surface area contributed by atoms with Crippen molar-refractivity contribution in [3.8, 4) is 0 Å². The topological polar surface area (TPSA) is 26.0 Å². The third-order valence-electron chi connectivity index (χ3n) is 4.47. The summed E-state index contributed by atoms with van der Waals surface area (Å²) >= 11 is 1.91. The first-order valence-electron chi connectivity index (χ1n) is 7.64.